The van der Waals surface area contributed by atoms with E-state index in [4.69, 9.17) is 4.42 Å². The minimum Gasteiger partial charge on any atom is -1.00 e. The van der Waals surface area contributed by atoms with E-state index in [1.54, 1.807) is 12.1 Å². The van der Waals surface area contributed by atoms with E-state index in [1.807, 2.05) is 109 Å². The van der Waals surface area contributed by atoms with Crippen LogP contribution < -0.4 is 23.0 Å². The average Bonchev–Trinajstić information content (AvgIpc) is 3.08. The van der Waals surface area contributed by atoms with Gasteiger partial charge in [-0.3, -0.25) is 4.79 Å². The standard InChI is InChI=1S/C37H31N3O5S.ClH/c41-37(42)25-19-21-40(22-20-25)46(43,44)35-14-8-7-13-32(35)36-30-17-15-28(38-26-9-3-1-4-10-26)23-33(30)45-34-24-29(16-18-31(34)36)39-27-11-5-2-6-12-27;/h1-18,23-25,38-39H,19-22H2;1H. The number of hydrogen-bond acceptors (Lipinski definition) is 5. The van der Waals surface area contributed by atoms with Crippen molar-refractivity contribution in [1.82, 2.24) is 4.31 Å². The summed E-state index contributed by atoms with van der Waals surface area (Å²) in [5.74, 6) is -1.42. The minimum atomic E-state index is -3.94. The Balaban J connectivity index is 0.00000386. The summed E-state index contributed by atoms with van der Waals surface area (Å²) in [6, 6.07) is 38.4. The van der Waals surface area contributed by atoms with Crippen molar-refractivity contribution in [2.45, 2.75) is 17.7 Å². The lowest BCUT2D eigenvalue weighted by molar-refractivity contribution is -0.142. The highest BCUT2D eigenvalue weighted by molar-refractivity contribution is 7.89. The largest absolute Gasteiger partial charge is 1.00 e. The van der Waals surface area contributed by atoms with Gasteiger partial charge in [0.05, 0.1) is 33.7 Å². The number of carbonyl (C=O) groups is 1. The number of hydrogen-bond donors (Lipinski definition) is 3. The van der Waals surface area contributed by atoms with Gasteiger partial charge in [0.25, 0.3) is 0 Å². The lowest BCUT2D eigenvalue weighted by atomic mass is 9.96. The van der Waals surface area contributed by atoms with E-state index in [1.165, 1.54) is 4.31 Å². The number of para-hydroxylation sites is 2. The normalized spacial score (nSPS) is 14.0. The summed E-state index contributed by atoms with van der Waals surface area (Å²) in [4.78, 5) is 11.7. The van der Waals surface area contributed by atoms with E-state index >= 15 is 0 Å². The molecule has 47 heavy (non-hydrogen) atoms. The molecule has 0 radical (unpaired) electrons. The Morgan fingerprint density at radius 1 is 0.681 bits per heavy atom. The zero-order valence-corrected chi connectivity index (χ0v) is 26.8. The smallest absolute Gasteiger partial charge is 0.363 e. The molecule has 0 spiro atoms. The SMILES string of the molecule is O=C(O)C1CCN(S(=O)(=O)c2ccccc2-c2c3ccc(Nc4ccccc4)cc3[o+]c3cc(Nc4ccccc4)ccc23)CC1.[Cl-]. The van der Waals surface area contributed by atoms with Crippen molar-refractivity contribution in [3.63, 3.8) is 0 Å². The fraction of sp³-hybridized carbons (Fsp3) is 0.135. The van der Waals surface area contributed by atoms with Crippen molar-refractivity contribution in [2.24, 2.45) is 5.92 Å². The van der Waals surface area contributed by atoms with Crippen molar-refractivity contribution in [3.8, 4) is 11.1 Å². The Kier molecular flexibility index (Phi) is 9.13. The van der Waals surface area contributed by atoms with E-state index in [-0.39, 0.29) is 43.2 Å². The molecule has 1 saturated heterocycles. The third-order valence-electron chi connectivity index (χ3n) is 8.42. The van der Waals surface area contributed by atoms with Gasteiger partial charge >= 0.3 is 17.1 Å². The molecule has 8 nitrogen and oxygen atoms in total. The second-order valence-electron chi connectivity index (χ2n) is 11.4. The number of sulfonamides is 1. The second kappa shape index (κ2) is 13.4. The van der Waals surface area contributed by atoms with Gasteiger partial charge in [-0.15, -0.1) is 0 Å². The maximum absolute atomic E-state index is 14.2. The van der Waals surface area contributed by atoms with Crippen molar-refractivity contribution in [1.29, 1.82) is 0 Å². The maximum atomic E-state index is 14.2. The third-order valence-corrected chi connectivity index (χ3v) is 10.4. The van der Waals surface area contributed by atoms with Gasteiger partial charge in [0, 0.05) is 47.0 Å². The fourth-order valence-electron chi connectivity index (χ4n) is 6.09. The zero-order chi connectivity index (χ0) is 31.7. The molecule has 10 heteroatoms. The van der Waals surface area contributed by atoms with Crippen molar-refractivity contribution in [2.75, 3.05) is 23.7 Å². The highest BCUT2D eigenvalue weighted by Gasteiger charge is 2.34. The van der Waals surface area contributed by atoms with Crippen LogP contribution >= 0.6 is 0 Å². The van der Waals surface area contributed by atoms with Crippen molar-refractivity contribution in [3.05, 3.63) is 121 Å². The van der Waals surface area contributed by atoms with Crippen LogP contribution in [0, 0.1) is 5.92 Å². The number of piperidine rings is 1. The van der Waals surface area contributed by atoms with Gasteiger partial charge in [0.2, 0.25) is 10.0 Å². The average molecular weight is 666 g/mol. The molecule has 1 aliphatic rings. The van der Waals surface area contributed by atoms with E-state index in [0.29, 0.717) is 16.7 Å². The first-order valence-corrected chi connectivity index (χ1v) is 16.6. The van der Waals surface area contributed by atoms with Crippen LogP contribution in [0.2, 0.25) is 0 Å². The summed E-state index contributed by atoms with van der Waals surface area (Å²) in [5, 5.41) is 17.8. The van der Waals surface area contributed by atoms with Gasteiger partial charge in [-0.05, 0) is 67.4 Å². The van der Waals surface area contributed by atoms with Gasteiger partial charge in [0.1, 0.15) is 0 Å². The van der Waals surface area contributed by atoms with Crippen molar-refractivity contribution < 1.29 is 35.1 Å². The number of carboxylic acid groups (broad SMARTS) is 1. The predicted molar refractivity (Wildman–Crippen MR) is 182 cm³/mol. The monoisotopic (exact) mass is 665 g/mol. The Labute approximate surface area is 279 Å². The van der Waals surface area contributed by atoms with Crippen LogP contribution in [0.25, 0.3) is 33.1 Å². The molecule has 238 valence electrons. The number of rotatable bonds is 8. The lowest BCUT2D eigenvalue weighted by Gasteiger charge is -2.30. The van der Waals surface area contributed by atoms with Crippen LogP contribution in [0.1, 0.15) is 12.8 Å². The molecule has 7 rings (SSSR count). The molecule has 0 atom stereocenters. The quantitative estimate of drug-likeness (QED) is 0.145. The topological polar surface area (TPSA) is 110 Å². The summed E-state index contributed by atoms with van der Waals surface area (Å²) >= 11 is 0. The van der Waals surface area contributed by atoms with Crippen LogP contribution in [0.4, 0.5) is 22.7 Å². The highest BCUT2D eigenvalue weighted by atomic mass is 35.5. The van der Waals surface area contributed by atoms with Gasteiger partial charge in [0.15, 0.2) is 0 Å². The number of anilines is 4. The number of halogens is 1. The molecule has 1 fully saturated rings. The molecule has 6 aromatic rings. The first-order chi connectivity index (χ1) is 22.4. The Morgan fingerprint density at radius 2 is 1.17 bits per heavy atom. The summed E-state index contributed by atoms with van der Waals surface area (Å²) in [6.45, 7) is 0.310. The molecular formula is C37H32ClN3O5S. The zero-order valence-electron chi connectivity index (χ0n) is 25.3. The molecule has 0 aliphatic carbocycles. The molecule has 0 amide bonds. The molecule has 5 aromatic carbocycles. The Morgan fingerprint density at radius 3 is 1.68 bits per heavy atom. The van der Waals surface area contributed by atoms with Gasteiger partial charge < -0.3 is 28.1 Å². The van der Waals surface area contributed by atoms with Gasteiger partial charge in [-0.2, -0.15) is 4.31 Å². The summed E-state index contributed by atoms with van der Waals surface area (Å²) in [6.07, 6.45) is 0.558. The maximum Gasteiger partial charge on any atom is 0.363 e. The van der Waals surface area contributed by atoms with Gasteiger partial charge in [-0.25, -0.2) is 12.8 Å². The van der Waals surface area contributed by atoms with Crippen LogP contribution in [0.5, 0.6) is 0 Å². The molecule has 2 heterocycles. The summed E-state index contributed by atoms with van der Waals surface area (Å²) in [7, 11) is -3.94. The fourth-order valence-corrected chi connectivity index (χ4v) is 7.76. The van der Waals surface area contributed by atoms with E-state index in [9.17, 15) is 18.3 Å². The first-order valence-electron chi connectivity index (χ1n) is 15.2. The number of benzene rings is 5. The number of fused-ring (bicyclic) bond motifs is 2. The van der Waals surface area contributed by atoms with E-state index < -0.39 is 21.9 Å². The minimum absolute atomic E-state index is 0. The van der Waals surface area contributed by atoms with Crippen LogP contribution in [0.15, 0.2) is 131 Å². The van der Waals surface area contributed by atoms with Crippen LogP contribution in [-0.4, -0.2) is 36.9 Å². The number of aliphatic carboxylic acids is 1. The molecule has 1 aromatic heterocycles. The Hall–Kier alpha value is -4.96. The number of carboxylic acids is 1. The number of nitrogens with one attached hydrogen (secondary N) is 2. The van der Waals surface area contributed by atoms with E-state index in [0.717, 1.165) is 39.1 Å². The van der Waals surface area contributed by atoms with Crippen LogP contribution in [0.3, 0.4) is 0 Å². The molecule has 0 saturated carbocycles. The molecule has 0 unspecified atom stereocenters. The van der Waals surface area contributed by atoms with Crippen molar-refractivity contribution >= 4 is 60.7 Å². The molecular weight excluding hydrogens is 634 g/mol. The Bertz CT molecular complexity index is 2070. The molecule has 1 aliphatic heterocycles. The van der Waals surface area contributed by atoms with Gasteiger partial charge in [-0.1, -0.05) is 54.6 Å². The summed E-state index contributed by atoms with van der Waals surface area (Å²) < 4.78 is 36.3. The van der Waals surface area contributed by atoms with Crippen LogP contribution in [-0.2, 0) is 14.8 Å². The third kappa shape index (κ3) is 6.51. The van der Waals surface area contributed by atoms with E-state index in [2.05, 4.69) is 10.6 Å². The lowest BCUT2D eigenvalue weighted by Crippen LogP contribution is -3.00. The highest BCUT2D eigenvalue weighted by Crippen LogP contribution is 2.42. The number of nitrogens with zero attached hydrogens (tertiary/aromatic N) is 1. The first kappa shape index (κ1) is 32.0. The molecule has 3 N–H and O–H groups in total. The molecule has 0 bridgehead atoms. The second-order valence-corrected chi connectivity index (χ2v) is 13.3. The summed E-state index contributed by atoms with van der Waals surface area (Å²) in [5.41, 5.74) is 6.00. The predicted octanol–water partition coefficient (Wildman–Crippen LogP) is 5.51.